The molecule has 2 fully saturated rings. The molecule has 9 unspecified atom stereocenters. The van der Waals surface area contributed by atoms with Gasteiger partial charge in [-0.3, -0.25) is 33.9 Å². The minimum Gasteiger partial charge on any atom is -0.456 e. The Hall–Kier alpha value is -3.65. The normalized spacial score (nSPS) is 33.5. The van der Waals surface area contributed by atoms with E-state index in [1.165, 1.54) is 0 Å². The molecule has 4 rings (SSSR count). The first kappa shape index (κ1) is 29.3. The van der Waals surface area contributed by atoms with Gasteiger partial charge in [0.05, 0.1) is 0 Å². The van der Waals surface area contributed by atoms with E-state index < -0.39 is 89.9 Å². The molecule has 2 saturated heterocycles. The fourth-order valence-corrected chi connectivity index (χ4v) is 4.52. The highest BCUT2D eigenvalue weighted by Crippen LogP contribution is 2.32. The van der Waals surface area contributed by atoms with E-state index in [1.54, 1.807) is 0 Å². The third-order valence-corrected chi connectivity index (χ3v) is 6.65. The molecular weight excluding hydrogens is 542 g/mol. The molecule has 3 amide bonds. The van der Waals surface area contributed by atoms with Crippen LogP contribution in [0.4, 0.5) is 0 Å². The topological polar surface area (TPSA) is 276 Å². The van der Waals surface area contributed by atoms with Crippen molar-refractivity contribution in [3.8, 4) is 0 Å². The number of H-pyrrole nitrogens is 1. The number of rotatable bonds is 7. The Balaban J connectivity index is 1.50. The molecule has 220 valence electrons. The van der Waals surface area contributed by atoms with Crippen LogP contribution in [0, 0.1) is 0 Å². The summed E-state index contributed by atoms with van der Waals surface area (Å²) in [6.45, 7) is 0.0845. The van der Waals surface area contributed by atoms with E-state index in [0.717, 1.165) is 22.9 Å². The molecule has 0 spiro atoms. The van der Waals surface area contributed by atoms with E-state index in [9.17, 15) is 49.6 Å². The lowest BCUT2D eigenvalue weighted by molar-refractivity contribution is -0.240. The van der Waals surface area contributed by atoms with Gasteiger partial charge < -0.3 is 45.7 Å². The summed E-state index contributed by atoms with van der Waals surface area (Å²) >= 11 is 0. The van der Waals surface area contributed by atoms with Gasteiger partial charge in [-0.25, -0.2) is 9.86 Å². The zero-order chi connectivity index (χ0) is 29.3. The second-order valence-electron chi connectivity index (χ2n) is 9.43. The Bertz CT molecular complexity index is 1280. The van der Waals surface area contributed by atoms with E-state index in [0.29, 0.717) is 17.9 Å². The number of nitrogens with one attached hydrogen (secondary N) is 2. The lowest BCUT2D eigenvalue weighted by Crippen LogP contribution is -2.54. The van der Waals surface area contributed by atoms with Gasteiger partial charge in [0, 0.05) is 18.8 Å². The predicted molar refractivity (Wildman–Crippen MR) is 126 cm³/mol. The van der Waals surface area contributed by atoms with Crippen molar-refractivity contribution in [2.24, 2.45) is 5.73 Å². The van der Waals surface area contributed by atoms with Gasteiger partial charge in [-0.2, -0.15) is 0 Å². The number of aliphatic hydroxyl groups is 4. The first-order chi connectivity index (χ1) is 18.9. The van der Waals surface area contributed by atoms with Crippen LogP contribution in [0.15, 0.2) is 33.7 Å². The van der Waals surface area contributed by atoms with Crippen molar-refractivity contribution in [2.45, 2.75) is 74.4 Å². The van der Waals surface area contributed by atoms with Crippen LogP contribution in [-0.2, 0) is 28.6 Å². The van der Waals surface area contributed by atoms with Gasteiger partial charge in [0.2, 0.25) is 12.2 Å². The fourth-order valence-electron chi connectivity index (χ4n) is 4.52. The van der Waals surface area contributed by atoms with E-state index in [1.807, 2.05) is 4.98 Å². The van der Waals surface area contributed by atoms with Gasteiger partial charge in [0.25, 0.3) is 17.4 Å². The molecule has 0 saturated carbocycles. The number of hydrogen-bond donors (Lipinski definition) is 8. The maximum Gasteiger partial charge on any atom is 0.330 e. The summed E-state index contributed by atoms with van der Waals surface area (Å²) in [5, 5.41) is 54.3. The number of carbonyl (C=O) groups is 3. The summed E-state index contributed by atoms with van der Waals surface area (Å²) in [6.07, 6.45) is -11.5. The van der Waals surface area contributed by atoms with E-state index >= 15 is 0 Å². The van der Waals surface area contributed by atoms with Crippen molar-refractivity contribution in [3.05, 3.63) is 44.9 Å². The summed E-state index contributed by atoms with van der Waals surface area (Å²) in [7, 11) is 0. The summed E-state index contributed by atoms with van der Waals surface area (Å²) in [4.78, 5) is 62.8. The highest BCUT2D eigenvalue weighted by atomic mass is 16.7. The number of carbonyl (C=O) groups excluding carboxylic acids is 3. The molecule has 18 heteroatoms. The summed E-state index contributed by atoms with van der Waals surface area (Å²) in [6, 6.07) is -0.157. The molecule has 1 aromatic rings. The molecule has 0 aliphatic carbocycles. The SMILES string of the molecule is NC(=O)C(OC1OC(C(=O)NC2CCCCN(O)C2=O)=CC(O)C1O)C1OC(n2ccc(=O)[nH]c2=O)C(O)C1O. The molecule has 9 atom stereocenters. The van der Waals surface area contributed by atoms with Crippen LogP contribution in [0.2, 0.25) is 0 Å². The van der Waals surface area contributed by atoms with Gasteiger partial charge in [0.1, 0.15) is 36.6 Å². The Morgan fingerprint density at radius 3 is 2.52 bits per heavy atom. The Labute approximate surface area is 224 Å². The zero-order valence-electron chi connectivity index (χ0n) is 20.7. The van der Waals surface area contributed by atoms with Crippen molar-refractivity contribution in [1.82, 2.24) is 19.9 Å². The number of amides is 3. The highest BCUT2D eigenvalue weighted by molar-refractivity contribution is 5.95. The van der Waals surface area contributed by atoms with Crippen molar-refractivity contribution in [2.75, 3.05) is 6.54 Å². The molecular formula is C22H29N5O13. The van der Waals surface area contributed by atoms with Gasteiger partial charge in [-0.15, -0.1) is 0 Å². The third kappa shape index (κ3) is 5.92. The molecule has 0 bridgehead atoms. The van der Waals surface area contributed by atoms with Gasteiger partial charge in [-0.1, -0.05) is 0 Å². The number of primary amides is 1. The number of hydrogen-bond acceptors (Lipinski definition) is 13. The average molecular weight is 571 g/mol. The molecule has 40 heavy (non-hydrogen) atoms. The second-order valence-corrected chi connectivity index (χ2v) is 9.43. The summed E-state index contributed by atoms with van der Waals surface area (Å²) in [5.41, 5.74) is 3.67. The first-order valence-corrected chi connectivity index (χ1v) is 12.2. The molecule has 0 aromatic carbocycles. The largest absolute Gasteiger partial charge is 0.456 e. The van der Waals surface area contributed by atoms with E-state index in [4.69, 9.17) is 19.9 Å². The minimum atomic E-state index is -1.96. The minimum absolute atomic E-state index is 0.0845. The Kier molecular flexibility index (Phi) is 8.68. The van der Waals surface area contributed by atoms with Gasteiger partial charge in [-0.05, 0) is 25.3 Å². The number of hydroxylamine groups is 2. The Morgan fingerprint density at radius 2 is 1.85 bits per heavy atom. The molecule has 1 aromatic heterocycles. The van der Waals surface area contributed by atoms with Gasteiger partial charge >= 0.3 is 5.69 Å². The molecule has 0 radical (unpaired) electrons. The van der Waals surface area contributed by atoms with Crippen LogP contribution in [0.3, 0.4) is 0 Å². The van der Waals surface area contributed by atoms with Crippen LogP contribution >= 0.6 is 0 Å². The Morgan fingerprint density at radius 1 is 1.12 bits per heavy atom. The average Bonchev–Trinajstić information content (AvgIpc) is 3.09. The van der Waals surface area contributed by atoms with Crippen molar-refractivity contribution in [3.63, 3.8) is 0 Å². The number of aromatic nitrogens is 2. The van der Waals surface area contributed by atoms with E-state index in [-0.39, 0.29) is 13.0 Å². The molecule has 3 aliphatic heterocycles. The zero-order valence-corrected chi connectivity index (χ0v) is 20.7. The third-order valence-electron chi connectivity index (χ3n) is 6.65. The van der Waals surface area contributed by atoms with Crippen LogP contribution in [0.5, 0.6) is 0 Å². The molecule has 9 N–H and O–H groups in total. The fraction of sp³-hybridized carbons (Fsp3) is 0.591. The number of nitrogens with zero attached hydrogens (tertiary/aromatic N) is 2. The van der Waals surface area contributed by atoms with Gasteiger partial charge in [0.15, 0.2) is 18.1 Å². The molecule has 3 aliphatic rings. The number of aromatic amines is 1. The quantitative estimate of drug-likeness (QED) is 0.142. The van der Waals surface area contributed by atoms with Crippen LogP contribution in [-0.4, -0.2) is 113 Å². The number of nitrogens with two attached hydrogens (primary N) is 1. The molecule has 4 heterocycles. The number of aliphatic hydroxyl groups excluding tert-OH is 4. The monoisotopic (exact) mass is 571 g/mol. The summed E-state index contributed by atoms with van der Waals surface area (Å²) < 4.78 is 17.0. The van der Waals surface area contributed by atoms with Crippen molar-refractivity contribution in [1.29, 1.82) is 0 Å². The standard InChI is InChI=1S/C22H29N5O13/c23-17(33)16(15-13(31)14(32)20(39-15)26-6-4-11(29)25-22(26)36)40-21-12(30)9(28)7-10(38-21)18(34)24-8-3-1-2-5-27(37)19(8)35/h4,6-9,12-16,20-21,28,30-32,37H,1-3,5H2,(H2,23,33)(H,24,34)(H,25,29,36). The smallest absolute Gasteiger partial charge is 0.330 e. The number of ether oxygens (including phenoxy) is 3. The lowest BCUT2D eigenvalue weighted by Gasteiger charge is -2.34. The maximum absolute atomic E-state index is 12.8. The summed E-state index contributed by atoms with van der Waals surface area (Å²) in [5.74, 6) is -3.64. The lowest BCUT2D eigenvalue weighted by atomic mass is 10.0. The highest BCUT2D eigenvalue weighted by Gasteiger charge is 2.51. The van der Waals surface area contributed by atoms with E-state index in [2.05, 4.69) is 5.32 Å². The van der Waals surface area contributed by atoms with Crippen molar-refractivity contribution >= 4 is 17.7 Å². The van der Waals surface area contributed by atoms with Crippen LogP contribution in [0.25, 0.3) is 0 Å². The van der Waals surface area contributed by atoms with Crippen LogP contribution < -0.4 is 22.3 Å². The molecule has 18 nitrogen and oxygen atoms in total. The van der Waals surface area contributed by atoms with Crippen molar-refractivity contribution < 1.29 is 54.2 Å². The predicted octanol–water partition coefficient (Wildman–Crippen LogP) is -5.13. The van der Waals surface area contributed by atoms with Crippen LogP contribution in [0.1, 0.15) is 25.5 Å². The first-order valence-electron chi connectivity index (χ1n) is 12.2. The second kappa shape index (κ2) is 11.8. The maximum atomic E-state index is 12.8.